The molecule has 0 spiro atoms. The van der Waals surface area contributed by atoms with Gasteiger partial charge in [0.25, 0.3) is 0 Å². The SMILES string of the molecule is NCC(=O)N[C@@H](CC(N)=O)C(=O)N[C@@H](CC(N)=O)C(=O)N[C@@H](CCC(N)=O)C(=O)NCC(=O)N[C@@H](CO)C(=O)N[C@@H](CC(N)=O)C(=O)O. The molecule has 0 aromatic carbocycles. The third-order valence-electron chi connectivity index (χ3n) is 5.87. The Morgan fingerprint density at radius 2 is 0.938 bits per heavy atom. The fourth-order valence-electron chi connectivity index (χ4n) is 3.58. The van der Waals surface area contributed by atoms with Crippen LogP contribution in [0.3, 0.4) is 0 Å². The lowest BCUT2D eigenvalue weighted by Crippen LogP contribution is -2.59. The first-order valence-corrected chi connectivity index (χ1v) is 13.8. The molecule has 0 aromatic heterocycles. The van der Waals surface area contributed by atoms with Crippen LogP contribution in [0.25, 0.3) is 0 Å². The number of aliphatic hydroxyl groups excluding tert-OH is 1. The van der Waals surface area contributed by atoms with Gasteiger partial charge < -0.3 is 70.8 Å². The molecule has 0 bridgehead atoms. The molecule has 0 heterocycles. The topological polar surface area (TPSA) is 431 Å². The molecule has 10 amide bonds. The zero-order chi connectivity index (χ0) is 37.1. The van der Waals surface area contributed by atoms with E-state index in [1.165, 1.54) is 0 Å². The van der Waals surface area contributed by atoms with Crippen molar-refractivity contribution in [2.45, 2.75) is 62.3 Å². The number of aliphatic carboxylic acids is 1. The van der Waals surface area contributed by atoms with Crippen LogP contribution in [0.5, 0.6) is 0 Å². The molecule has 24 heteroatoms. The Hall–Kier alpha value is -5.91. The summed E-state index contributed by atoms with van der Waals surface area (Å²) in [5, 5.41) is 30.9. The van der Waals surface area contributed by atoms with Gasteiger partial charge in [-0.3, -0.25) is 47.9 Å². The van der Waals surface area contributed by atoms with Gasteiger partial charge in [-0.1, -0.05) is 0 Å². The first kappa shape index (κ1) is 42.1. The van der Waals surface area contributed by atoms with Crippen LogP contribution in [0.2, 0.25) is 0 Å². The maximum absolute atomic E-state index is 13.0. The van der Waals surface area contributed by atoms with Crippen molar-refractivity contribution in [3.8, 4) is 0 Å². The van der Waals surface area contributed by atoms with E-state index in [1.54, 1.807) is 0 Å². The van der Waals surface area contributed by atoms with Crippen molar-refractivity contribution >= 4 is 65.0 Å². The minimum absolute atomic E-state index is 0.471. The molecule has 0 unspecified atom stereocenters. The summed E-state index contributed by atoms with van der Waals surface area (Å²) < 4.78 is 0. The highest BCUT2D eigenvalue weighted by Gasteiger charge is 2.32. The highest BCUT2D eigenvalue weighted by molar-refractivity contribution is 5.98. The Kier molecular flexibility index (Phi) is 18.4. The summed E-state index contributed by atoms with van der Waals surface area (Å²) in [6.07, 6.45) is -3.36. The third-order valence-corrected chi connectivity index (χ3v) is 5.87. The minimum atomic E-state index is -1.81. The monoisotopic (exact) mass is 689 g/mol. The summed E-state index contributed by atoms with van der Waals surface area (Å²) in [5.41, 5.74) is 25.5. The van der Waals surface area contributed by atoms with Gasteiger partial charge >= 0.3 is 5.97 Å². The normalized spacial score (nSPS) is 13.5. The number of carbonyl (C=O) groups is 11. The molecule has 0 aliphatic heterocycles. The van der Waals surface area contributed by atoms with E-state index in [9.17, 15) is 57.8 Å². The second kappa shape index (κ2) is 21.0. The molecule has 18 N–H and O–H groups in total. The van der Waals surface area contributed by atoms with Crippen LogP contribution in [0, 0.1) is 0 Å². The summed E-state index contributed by atoms with van der Waals surface area (Å²) in [4.78, 5) is 132. The molecule has 48 heavy (non-hydrogen) atoms. The molecule has 5 atom stereocenters. The molecule has 0 radical (unpaired) electrons. The van der Waals surface area contributed by atoms with Gasteiger partial charge in [0.15, 0.2) is 0 Å². The van der Waals surface area contributed by atoms with Crippen molar-refractivity contribution in [2.75, 3.05) is 19.7 Å². The van der Waals surface area contributed by atoms with Crippen molar-refractivity contribution in [2.24, 2.45) is 28.7 Å². The highest BCUT2D eigenvalue weighted by Crippen LogP contribution is 2.03. The van der Waals surface area contributed by atoms with E-state index in [2.05, 4.69) is 21.3 Å². The zero-order valence-electron chi connectivity index (χ0n) is 25.3. The van der Waals surface area contributed by atoms with Crippen molar-refractivity contribution in [1.29, 1.82) is 0 Å². The van der Waals surface area contributed by atoms with Gasteiger partial charge in [-0.15, -0.1) is 0 Å². The number of hydrogen-bond donors (Lipinski definition) is 13. The van der Waals surface area contributed by atoms with E-state index >= 15 is 0 Å². The second-order valence-electron chi connectivity index (χ2n) is 9.88. The largest absolute Gasteiger partial charge is 0.480 e. The summed E-state index contributed by atoms with van der Waals surface area (Å²) in [6, 6.07) is -8.61. The quantitative estimate of drug-likeness (QED) is 0.0474. The molecule has 0 saturated heterocycles. The van der Waals surface area contributed by atoms with Gasteiger partial charge in [0, 0.05) is 6.42 Å². The van der Waals surface area contributed by atoms with Crippen molar-refractivity contribution in [1.82, 2.24) is 31.9 Å². The van der Waals surface area contributed by atoms with Gasteiger partial charge in [0.05, 0.1) is 39.0 Å². The molecular weight excluding hydrogens is 650 g/mol. The molecule has 0 rings (SSSR count). The molecule has 0 saturated carbocycles. The Labute approximate surface area is 270 Å². The smallest absolute Gasteiger partial charge is 0.326 e. The average molecular weight is 690 g/mol. The minimum Gasteiger partial charge on any atom is -0.480 e. The zero-order valence-corrected chi connectivity index (χ0v) is 25.3. The van der Waals surface area contributed by atoms with Crippen LogP contribution in [0.4, 0.5) is 0 Å². The number of hydrogen-bond acceptors (Lipinski definition) is 13. The number of carboxylic acids is 1. The fourth-order valence-corrected chi connectivity index (χ4v) is 3.58. The predicted octanol–water partition coefficient (Wildman–Crippen LogP) is -9.55. The predicted molar refractivity (Wildman–Crippen MR) is 156 cm³/mol. The number of amides is 10. The van der Waals surface area contributed by atoms with Crippen molar-refractivity contribution < 1.29 is 63.0 Å². The standard InChI is InChI=1S/C24H39N11O13/c25-6-18(41)31-10(3-15(27)38)21(44)34-11(4-16(28)39)22(45)33-9(1-2-14(26)37)20(43)30-7-19(42)32-13(8-36)23(46)35-12(24(47)48)5-17(29)40/h9-13,36H,1-8,25H2,(H2,26,37)(H2,27,38)(H2,28,39)(H2,29,40)(H,30,43)(H,31,41)(H,32,42)(H,33,45)(H,34,44)(H,35,46)(H,47,48)/t9-,10-,11-,12-,13-/m0/s1. The summed E-state index contributed by atoms with van der Waals surface area (Å²) in [7, 11) is 0. The van der Waals surface area contributed by atoms with Gasteiger partial charge in [-0.25, -0.2) is 4.79 Å². The number of carboxylic acid groups (broad SMARTS) is 1. The molecule has 24 nitrogen and oxygen atoms in total. The first-order valence-electron chi connectivity index (χ1n) is 13.8. The van der Waals surface area contributed by atoms with Crippen LogP contribution in [0.15, 0.2) is 0 Å². The first-order chi connectivity index (χ1) is 22.3. The number of carbonyl (C=O) groups excluding carboxylic acids is 10. The van der Waals surface area contributed by atoms with Crippen LogP contribution >= 0.6 is 0 Å². The lowest BCUT2D eigenvalue weighted by molar-refractivity contribution is -0.144. The van der Waals surface area contributed by atoms with Crippen LogP contribution in [-0.2, 0) is 52.7 Å². The summed E-state index contributed by atoms with van der Waals surface area (Å²) >= 11 is 0. The average Bonchev–Trinajstić information content (AvgIpc) is 2.98. The maximum Gasteiger partial charge on any atom is 0.326 e. The molecule has 268 valence electrons. The number of rotatable bonds is 23. The van der Waals surface area contributed by atoms with E-state index in [4.69, 9.17) is 33.8 Å². The van der Waals surface area contributed by atoms with Gasteiger partial charge in [0.1, 0.15) is 30.2 Å². The number of aliphatic hydroxyl groups is 1. The van der Waals surface area contributed by atoms with E-state index in [1.807, 2.05) is 10.6 Å². The lowest BCUT2D eigenvalue weighted by Gasteiger charge is -2.24. The van der Waals surface area contributed by atoms with Crippen LogP contribution < -0.4 is 60.6 Å². The molecule has 0 fully saturated rings. The summed E-state index contributed by atoms with van der Waals surface area (Å²) in [6.45, 7) is -2.54. The van der Waals surface area contributed by atoms with E-state index in [-0.39, 0.29) is 0 Å². The van der Waals surface area contributed by atoms with Crippen LogP contribution in [0.1, 0.15) is 32.1 Å². The Balaban J connectivity index is 5.71. The maximum atomic E-state index is 13.0. The summed E-state index contributed by atoms with van der Waals surface area (Å²) in [5.74, 6) is -12.5. The number of nitrogens with one attached hydrogen (secondary N) is 6. The molecule has 0 aliphatic carbocycles. The van der Waals surface area contributed by atoms with Crippen LogP contribution in [-0.4, -0.2) is 125 Å². The fraction of sp³-hybridized carbons (Fsp3) is 0.542. The second-order valence-corrected chi connectivity index (χ2v) is 9.88. The van der Waals surface area contributed by atoms with E-state index < -0.39 is 147 Å². The van der Waals surface area contributed by atoms with Crippen molar-refractivity contribution in [3.63, 3.8) is 0 Å². The van der Waals surface area contributed by atoms with Gasteiger partial charge in [0.2, 0.25) is 59.1 Å². The van der Waals surface area contributed by atoms with E-state index in [0.29, 0.717) is 0 Å². The van der Waals surface area contributed by atoms with Crippen molar-refractivity contribution in [3.05, 3.63) is 0 Å². The lowest BCUT2D eigenvalue weighted by atomic mass is 10.1. The Morgan fingerprint density at radius 3 is 1.38 bits per heavy atom. The van der Waals surface area contributed by atoms with E-state index in [0.717, 1.165) is 0 Å². The highest BCUT2D eigenvalue weighted by atomic mass is 16.4. The number of nitrogens with two attached hydrogens (primary N) is 5. The third kappa shape index (κ3) is 17.0. The number of primary amides is 4. The molecular formula is C24H39N11O13. The van der Waals surface area contributed by atoms with Gasteiger partial charge in [-0.05, 0) is 6.42 Å². The van der Waals surface area contributed by atoms with Gasteiger partial charge in [-0.2, -0.15) is 0 Å². The molecule has 0 aromatic rings. The molecule has 0 aliphatic rings. The Morgan fingerprint density at radius 1 is 0.521 bits per heavy atom. The Bertz CT molecular complexity index is 1280.